The molecule has 0 fully saturated rings. The van der Waals surface area contributed by atoms with Crippen LogP contribution in [0.2, 0.25) is 0 Å². The monoisotopic (exact) mass is 148 g/mol. The van der Waals surface area contributed by atoms with Crippen LogP contribution in [0.15, 0.2) is 6.07 Å². The summed E-state index contributed by atoms with van der Waals surface area (Å²) in [5, 5.41) is 0. The SMILES string of the molecule is Cc1cc(C=O)c2c(c1C)O2. The maximum absolute atomic E-state index is 10.4. The first kappa shape index (κ1) is 6.40. The number of ether oxygens (including phenoxy) is 1. The summed E-state index contributed by atoms with van der Waals surface area (Å²) in [5.74, 6) is 1.66. The normalized spacial score (nSPS) is 11.8. The second-order valence-electron chi connectivity index (χ2n) is 2.79. The van der Waals surface area contributed by atoms with E-state index in [1.807, 2.05) is 19.9 Å². The van der Waals surface area contributed by atoms with Gasteiger partial charge in [-0.2, -0.15) is 0 Å². The number of hydrogen-bond donors (Lipinski definition) is 0. The van der Waals surface area contributed by atoms with Crippen molar-refractivity contribution in [2.45, 2.75) is 13.8 Å². The molecule has 1 heterocycles. The summed E-state index contributed by atoms with van der Waals surface area (Å²) >= 11 is 0. The summed E-state index contributed by atoms with van der Waals surface area (Å²) in [5.41, 5.74) is 2.93. The first-order valence-electron chi connectivity index (χ1n) is 3.51. The third-order valence-corrected chi connectivity index (χ3v) is 2.06. The number of fused-ring (bicyclic) bond motifs is 1. The highest BCUT2D eigenvalue weighted by atomic mass is 16.6. The van der Waals surface area contributed by atoms with Crippen LogP contribution in [0.5, 0.6) is 11.5 Å². The predicted molar refractivity (Wildman–Crippen MR) is 41.4 cm³/mol. The van der Waals surface area contributed by atoms with Gasteiger partial charge < -0.3 is 4.74 Å². The second kappa shape index (κ2) is 1.84. The van der Waals surface area contributed by atoms with Crippen LogP contribution in [0.1, 0.15) is 21.5 Å². The Kier molecular flexibility index (Phi) is 1.07. The van der Waals surface area contributed by atoms with E-state index < -0.39 is 0 Å². The molecular formula is C9H8O2. The van der Waals surface area contributed by atoms with Crippen molar-refractivity contribution in [3.05, 3.63) is 22.8 Å². The van der Waals surface area contributed by atoms with Gasteiger partial charge in [-0.05, 0) is 31.0 Å². The minimum Gasteiger partial charge on any atom is -0.448 e. The molecule has 0 atom stereocenters. The molecule has 11 heavy (non-hydrogen) atoms. The summed E-state index contributed by atoms with van der Waals surface area (Å²) in [6.45, 7) is 3.97. The fourth-order valence-electron chi connectivity index (χ4n) is 1.19. The molecule has 1 aromatic carbocycles. The van der Waals surface area contributed by atoms with E-state index in [0.717, 1.165) is 28.9 Å². The third kappa shape index (κ3) is 0.755. The molecule has 0 amide bonds. The van der Waals surface area contributed by atoms with Gasteiger partial charge in [0.15, 0.2) is 17.8 Å². The fourth-order valence-corrected chi connectivity index (χ4v) is 1.19. The molecule has 2 heteroatoms. The summed E-state index contributed by atoms with van der Waals surface area (Å²) in [6, 6.07) is 1.86. The lowest BCUT2D eigenvalue weighted by Crippen LogP contribution is -1.79. The largest absolute Gasteiger partial charge is 0.448 e. The van der Waals surface area contributed by atoms with Gasteiger partial charge in [-0.3, -0.25) is 4.79 Å². The molecule has 56 valence electrons. The van der Waals surface area contributed by atoms with Gasteiger partial charge in [0.2, 0.25) is 0 Å². The number of benzene rings is 1. The Morgan fingerprint density at radius 3 is 2.73 bits per heavy atom. The Morgan fingerprint density at radius 1 is 1.36 bits per heavy atom. The Hall–Kier alpha value is -1.31. The van der Waals surface area contributed by atoms with Crippen molar-refractivity contribution in [2.24, 2.45) is 0 Å². The Bertz CT molecular complexity index is 336. The average Bonchev–Trinajstić information content (AvgIpc) is 2.76. The molecule has 1 aliphatic rings. The Balaban J connectivity index is 2.68. The first-order valence-corrected chi connectivity index (χ1v) is 3.51. The molecule has 0 aliphatic carbocycles. The molecule has 2 rings (SSSR count). The minimum absolute atomic E-state index is 0.670. The summed E-state index contributed by atoms with van der Waals surface area (Å²) in [7, 11) is 0. The highest BCUT2D eigenvalue weighted by Gasteiger charge is 2.27. The molecule has 1 aliphatic heterocycles. The molecule has 0 N–H and O–H groups in total. The molecule has 1 aromatic rings. The van der Waals surface area contributed by atoms with Crippen molar-refractivity contribution in [3.8, 4) is 11.5 Å². The van der Waals surface area contributed by atoms with E-state index in [4.69, 9.17) is 4.74 Å². The molecule has 0 bridgehead atoms. The maximum Gasteiger partial charge on any atom is 0.180 e. The summed E-state index contributed by atoms with van der Waals surface area (Å²) in [4.78, 5) is 10.4. The van der Waals surface area contributed by atoms with Crippen LogP contribution in [-0.4, -0.2) is 6.29 Å². The quantitative estimate of drug-likeness (QED) is 0.458. The van der Waals surface area contributed by atoms with E-state index in [9.17, 15) is 4.79 Å². The number of rotatable bonds is 1. The van der Waals surface area contributed by atoms with Gasteiger partial charge >= 0.3 is 0 Å². The second-order valence-corrected chi connectivity index (χ2v) is 2.79. The van der Waals surface area contributed by atoms with Gasteiger partial charge in [-0.25, -0.2) is 0 Å². The standard InChI is InChI=1S/C9H8O2/c1-5-3-7(4-10)9-8(11-9)6(5)2/h3-4H,1-2H3. The van der Waals surface area contributed by atoms with Gasteiger partial charge in [-0.15, -0.1) is 0 Å². The lowest BCUT2D eigenvalue weighted by molar-refractivity contribution is 0.112. The first-order chi connectivity index (χ1) is 5.24. The zero-order valence-corrected chi connectivity index (χ0v) is 6.47. The van der Waals surface area contributed by atoms with Crippen LogP contribution in [0, 0.1) is 13.8 Å². The highest BCUT2D eigenvalue weighted by molar-refractivity contribution is 5.86. The number of aryl methyl sites for hydroxylation is 1. The zero-order chi connectivity index (χ0) is 8.01. The topological polar surface area (TPSA) is 29.6 Å². The Labute approximate surface area is 64.8 Å². The maximum atomic E-state index is 10.4. The highest BCUT2D eigenvalue weighted by Crippen LogP contribution is 2.51. The Morgan fingerprint density at radius 2 is 2.09 bits per heavy atom. The van der Waals surface area contributed by atoms with Crippen molar-refractivity contribution in [2.75, 3.05) is 0 Å². The lowest BCUT2D eigenvalue weighted by Gasteiger charge is -1.92. The van der Waals surface area contributed by atoms with Gasteiger partial charge in [0.05, 0.1) is 5.56 Å². The summed E-state index contributed by atoms with van der Waals surface area (Å²) < 4.78 is 5.14. The van der Waals surface area contributed by atoms with Crippen LogP contribution in [-0.2, 0) is 0 Å². The molecule has 0 radical (unpaired) electrons. The molecule has 2 nitrogen and oxygen atoms in total. The van der Waals surface area contributed by atoms with E-state index in [0.29, 0.717) is 5.56 Å². The smallest absolute Gasteiger partial charge is 0.180 e. The molecule has 0 spiro atoms. The summed E-state index contributed by atoms with van der Waals surface area (Å²) in [6.07, 6.45) is 0.832. The van der Waals surface area contributed by atoms with E-state index in [2.05, 4.69) is 0 Å². The van der Waals surface area contributed by atoms with Crippen molar-refractivity contribution in [3.63, 3.8) is 0 Å². The van der Waals surface area contributed by atoms with E-state index in [1.165, 1.54) is 0 Å². The van der Waals surface area contributed by atoms with Gasteiger partial charge in [0.1, 0.15) is 0 Å². The molecule has 0 unspecified atom stereocenters. The van der Waals surface area contributed by atoms with Gasteiger partial charge in [-0.1, -0.05) is 0 Å². The van der Waals surface area contributed by atoms with Gasteiger partial charge in [0, 0.05) is 0 Å². The van der Waals surface area contributed by atoms with E-state index >= 15 is 0 Å². The van der Waals surface area contributed by atoms with Gasteiger partial charge in [0.25, 0.3) is 0 Å². The van der Waals surface area contributed by atoms with Crippen LogP contribution < -0.4 is 4.74 Å². The number of aldehydes is 1. The molecule has 0 saturated carbocycles. The van der Waals surface area contributed by atoms with Crippen molar-refractivity contribution >= 4 is 6.29 Å². The molecular weight excluding hydrogens is 140 g/mol. The molecule has 0 saturated heterocycles. The number of hydrogen-bond acceptors (Lipinski definition) is 2. The van der Waals surface area contributed by atoms with E-state index in [1.54, 1.807) is 0 Å². The van der Waals surface area contributed by atoms with Crippen LogP contribution >= 0.6 is 0 Å². The van der Waals surface area contributed by atoms with Crippen molar-refractivity contribution in [1.29, 1.82) is 0 Å². The molecule has 0 aromatic heterocycles. The third-order valence-electron chi connectivity index (χ3n) is 2.06. The lowest BCUT2D eigenvalue weighted by atomic mass is 10.1. The predicted octanol–water partition coefficient (Wildman–Crippen LogP) is 2.22. The van der Waals surface area contributed by atoms with Crippen molar-refractivity contribution < 1.29 is 9.53 Å². The number of carbonyl (C=O) groups excluding carboxylic acids is 1. The van der Waals surface area contributed by atoms with Crippen LogP contribution in [0.4, 0.5) is 0 Å². The number of carbonyl (C=O) groups is 1. The van der Waals surface area contributed by atoms with E-state index in [-0.39, 0.29) is 0 Å². The van der Waals surface area contributed by atoms with Crippen molar-refractivity contribution in [1.82, 2.24) is 0 Å². The fraction of sp³-hybridized carbons (Fsp3) is 0.222. The van der Waals surface area contributed by atoms with Crippen LogP contribution in [0.3, 0.4) is 0 Å². The van der Waals surface area contributed by atoms with Crippen LogP contribution in [0.25, 0.3) is 0 Å². The minimum atomic E-state index is 0.670. The zero-order valence-electron chi connectivity index (χ0n) is 6.47. The average molecular weight is 148 g/mol.